The average molecular weight is 309 g/mol. The van der Waals surface area contributed by atoms with Crippen LogP contribution in [0.15, 0.2) is 12.1 Å². The number of ether oxygens (including phenoxy) is 3. The number of hydrogen-bond donors (Lipinski definition) is 1. The summed E-state index contributed by atoms with van der Waals surface area (Å²) in [5, 5.41) is 9.40. The number of methoxy groups -OCH3 is 3. The maximum absolute atomic E-state index is 9.40. The predicted molar refractivity (Wildman–Crippen MR) is 86.1 cm³/mol. The van der Waals surface area contributed by atoms with E-state index in [1.165, 1.54) is 0 Å². The summed E-state index contributed by atoms with van der Waals surface area (Å²) in [6.45, 7) is 2.21. The Morgan fingerprint density at radius 1 is 1.14 bits per heavy atom. The molecule has 1 aliphatic rings. The second-order valence-corrected chi connectivity index (χ2v) is 5.88. The largest absolute Gasteiger partial charge is 0.496 e. The molecule has 0 amide bonds. The first kappa shape index (κ1) is 16.9. The van der Waals surface area contributed by atoms with Crippen LogP contribution in [0.25, 0.3) is 0 Å². The molecule has 1 N–H and O–H groups in total. The Kier molecular flexibility index (Phi) is 5.91. The highest BCUT2D eigenvalue weighted by molar-refractivity contribution is 5.53. The number of aliphatic hydroxyl groups excluding tert-OH is 1. The van der Waals surface area contributed by atoms with E-state index >= 15 is 0 Å². The molecule has 1 aromatic carbocycles. The minimum absolute atomic E-state index is 0.204. The van der Waals surface area contributed by atoms with Crippen LogP contribution >= 0.6 is 0 Å². The van der Waals surface area contributed by atoms with Gasteiger partial charge in [-0.3, -0.25) is 0 Å². The molecule has 1 aliphatic heterocycles. The van der Waals surface area contributed by atoms with E-state index in [4.69, 9.17) is 14.2 Å². The molecule has 0 saturated carbocycles. The average Bonchev–Trinajstić information content (AvgIpc) is 2.54. The van der Waals surface area contributed by atoms with Crippen molar-refractivity contribution in [1.82, 2.24) is 4.90 Å². The van der Waals surface area contributed by atoms with Gasteiger partial charge in [-0.05, 0) is 38.3 Å². The fourth-order valence-electron chi connectivity index (χ4n) is 3.45. The molecule has 0 aromatic heterocycles. The van der Waals surface area contributed by atoms with E-state index in [1.54, 1.807) is 21.3 Å². The molecule has 1 fully saturated rings. The van der Waals surface area contributed by atoms with Gasteiger partial charge in [0.25, 0.3) is 0 Å². The van der Waals surface area contributed by atoms with Crippen LogP contribution < -0.4 is 14.2 Å². The summed E-state index contributed by atoms with van der Waals surface area (Å²) in [6, 6.07) is 3.82. The van der Waals surface area contributed by atoms with Crippen molar-refractivity contribution in [2.45, 2.75) is 18.8 Å². The van der Waals surface area contributed by atoms with Gasteiger partial charge in [-0.15, -0.1) is 0 Å². The van der Waals surface area contributed by atoms with Gasteiger partial charge in [0.15, 0.2) is 0 Å². The van der Waals surface area contributed by atoms with Crippen molar-refractivity contribution in [3.63, 3.8) is 0 Å². The summed E-state index contributed by atoms with van der Waals surface area (Å²) < 4.78 is 16.5. The lowest BCUT2D eigenvalue weighted by Gasteiger charge is -2.38. The van der Waals surface area contributed by atoms with E-state index in [0.29, 0.717) is 11.8 Å². The number of benzene rings is 1. The van der Waals surface area contributed by atoms with Crippen molar-refractivity contribution in [2.75, 3.05) is 48.1 Å². The second kappa shape index (κ2) is 7.70. The van der Waals surface area contributed by atoms with Crippen molar-refractivity contribution in [2.24, 2.45) is 5.92 Å². The molecule has 22 heavy (non-hydrogen) atoms. The summed E-state index contributed by atoms with van der Waals surface area (Å²) in [7, 11) is 7.11. The van der Waals surface area contributed by atoms with Gasteiger partial charge in [0.1, 0.15) is 17.2 Å². The molecule has 0 unspecified atom stereocenters. The first-order valence-corrected chi connectivity index (χ1v) is 7.73. The third-order valence-corrected chi connectivity index (χ3v) is 4.56. The highest BCUT2D eigenvalue weighted by Gasteiger charge is 2.33. The number of aliphatic hydroxyl groups is 1. The zero-order chi connectivity index (χ0) is 16.1. The minimum atomic E-state index is 0.204. The van der Waals surface area contributed by atoms with Gasteiger partial charge in [0, 0.05) is 30.8 Å². The van der Waals surface area contributed by atoms with Crippen molar-refractivity contribution < 1.29 is 19.3 Å². The number of nitrogens with zero attached hydrogens (tertiary/aromatic N) is 1. The number of rotatable bonds is 6. The standard InChI is InChI=1S/C17H27NO4/c1-18-7-5-14(12(11-18)6-8-19)17-15(21-3)9-13(20-2)10-16(17)22-4/h9-10,12,14,19H,5-8,11H2,1-4H3/t12-,14-/m0/s1. The van der Waals surface area contributed by atoms with Crippen molar-refractivity contribution in [3.05, 3.63) is 17.7 Å². The summed E-state index contributed by atoms with van der Waals surface area (Å²) >= 11 is 0. The summed E-state index contributed by atoms with van der Waals surface area (Å²) in [5.41, 5.74) is 1.09. The molecule has 2 rings (SSSR count). The molecule has 1 heterocycles. The van der Waals surface area contributed by atoms with E-state index in [2.05, 4.69) is 11.9 Å². The molecule has 1 aromatic rings. The van der Waals surface area contributed by atoms with Crippen molar-refractivity contribution in [1.29, 1.82) is 0 Å². The first-order chi connectivity index (χ1) is 10.6. The van der Waals surface area contributed by atoms with Crippen molar-refractivity contribution >= 4 is 0 Å². The van der Waals surface area contributed by atoms with E-state index in [1.807, 2.05) is 12.1 Å². The van der Waals surface area contributed by atoms with Crippen LogP contribution in [-0.2, 0) is 0 Å². The molecule has 1 saturated heterocycles. The Hall–Kier alpha value is -1.46. The first-order valence-electron chi connectivity index (χ1n) is 7.73. The van der Waals surface area contributed by atoms with Gasteiger partial charge in [0.2, 0.25) is 0 Å². The van der Waals surface area contributed by atoms with Crippen LogP contribution in [0.4, 0.5) is 0 Å². The van der Waals surface area contributed by atoms with Gasteiger partial charge >= 0.3 is 0 Å². The molecule has 0 aliphatic carbocycles. The molecule has 0 bridgehead atoms. The molecule has 2 atom stereocenters. The number of hydrogen-bond acceptors (Lipinski definition) is 5. The number of piperidine rings is 1. The van der Waals surface area contributed by atoms with Gasteiger partial charge < -0.3 is 24.2 Å². The monoisotopic (exact) mass is 309 g/mol. The molecule has 0 spiro atoms. The van der Waals surface area contributed by atoms with Gasteiger partial charge in [-0.25, -0.2) is 0 Å². The maximum atomic E-state index is 9.40. The quantitative estimate of drug-likeness (QED) is 0.872. The Bertz CT molecular complexity index is 467. The molecule has 124 valence electrons. The zero-order valence-corrected chi connectivity index (χ0v) is 14.0. The predicted octanol–water partition coefficient (Wildman–Crippen LogP) is 2.13. The summed E-state index contributed by atoms with van der Waals surface area (Å²) in [4.78, 5) is 2.32. The van der Waals surface area contributed by atoms with E-state index in [9.17, 15) is 5.11 Å². The minimum Gasteiger partial charge on any atom is -0.496 e. The third kappa shape index (κ3) is 3.47. The Morgan fingerprint density at radius 2 is 1.77 bits per heavy atom. The highest BCUT2D eigenvalue weighted by atomic mass is 16.5. The lowest BCUT2D eigenvalue weighted by atomic mass is 9.78. The van der Waals surface area contributed by atoms with Crippen LogP contribution in [-0.4, -0.2) is 58.1 Å². The fraction of sp³-hybridized carbons (Fsp3) is 0.647. The highest BCUT2D eigenvalue weighted by Crippen LogP contribution is 2.45. The Balaban J connectivity index is 2.44. The molecular weight excluding hydrogens is 282 g/mol. The van der Waals surface area contributed by atoms with Gasteiger partial charge in [-0.1, -0.05) is 0 Å². The van der Waals surface area contributed by atoms with Crippen LogP contribution in [0.3, 0.4) is 0 Å². The molecule has 5 nitrogen and oxygen atoms in total. The fourth-order valence-corrected chi connectivity index (χ4v) is 3.45. The van der Waals surface area contributed by atoms with Crippen LogP contribution in [0, 0.1) is 5.92 Å². The molecule has 0 radical (unpaired) electrons. The lowest BCUT2D eigenvalue weighted by molar-refractivity contribution is 0.147. The van der Waals surface area contributed by atoms with Gasteiger partial charge in [-0.2, -0.15) is 0 Å². The lowest BCUT2D eigenvalue weighted by Crippen LogP contribution is -2.37. The van der Waals surface area contributed by atoms with Crippen LogP contribution in [0.2, 0.25) is 0 Å². The Labute approximate surface area is 132 Å². The SMILES string of the molecule is COc1cc(OC)c([C@H]2CCN(C)C[C@@H]2CCO)c(OC)c1. The third-order valence-electron chi connectivity index (χ3n) is 4.56. The normalized spacial score (nSPS) is 22.4. The zero-order valence-electron chi connectivity index (χ0n) is 14.0. The topological polar surface area (TPSA) is 51.2 Å². The molecule has 5 heteroatoms. The van der Waals surface area contributed by atoms with E-state index in [0.717, 1.165) is 48.7 Å². The maximum Gasteiger partial charge on any atom is 0.129 e. The van der Waals surface area contributed by atoms with Crippen LogP contribution in [0.5, 0.6) is 17.2 Å². The smallest absolute Gasteiger partial charge is 0.129 e. The van der Waals surface area contributed by atoms with Crippen molar-refractivity contribution in [3.8, 4) is 17.2 Å². The second-order valence-electron chi connectivity index (χ2n) is 5.88. The Morgan fingerprint density at radius 3 is 2.27 bits per heavy atom. The van der Waals surface area contributed by atoms with E-state index in [-0.39, 0.29) is 6.61 Å². The van der Waals surface area contributed by atoms with Gasteiger partial charge in [0.05, 0.1) is 21.3 Å². The van der Waals surface area contributed by atoms with Crippen LogP contribution in [0.1, 0.15) is 24.3 Å². The van der Waals surface area contributed by atoms with E-state index < -0.39 is 0 Å². The summed E-state index contributed by atoms with van der Waals surface area (Å²) in [5.74, 6) is 3.03. The number of likely N-dealkylation sites (tertiary alicyclic amines) is 1. The molecular formula is C17H27NO4. The summed E-state index contributed by atoms with van der Waals surface area (Å²) in [6.07, 6.45) is 1.81.